The Labute approximate surface area is 98.2 Å². The summed E-state index contributed by atoms with van der Waals surface area (Å²) in [4.78, 5) is 15.1. The fourth-order valence-electron chi connectivity index (χ4n) is 1.46. The van der Waals surface area contributed by atoms with Gasteiger partial charge in [0.05, 0.1) is 0 Å². The molecular weight excluding hydrogens is 206 g/mol. The maximum Gasteiger partial charge on any atom is 0.324 e. The van der Waals surface area contributed by atoms with E-state index < -0.39 is 11.5 Å². The molecule has 1 atom stereocenters. The Morgan fingerprint density at radius 3 is 2.25 bits per heavy atom. The van der Waals surface area contributed by atoms with Crippen LogP contribution in [0.15, 0.2) is 0 Å². The largest absolute Gasteiger partial charge is 0.480 e. The molecule has 0 heterocycles. The Bertz CT molecular complexity index is 217. The first-order valence-corrected chi connectivity index (χ1v) is 5.69. The molecule has 0 fully saturated rings. The molecule has 96 valence electrons. The van der Waals surface area contributed by atoms with Crippen molar-refractivity contribution >= 4 is 5.97 Å². The average molecular weight is 231 g/mol. The van der Waals surface area contributed by atoms with E-state index >= 15 is 0 Å². The van der Waals surface area contributed by atoms with Gasteiger partial charge in [0.15, 0.2) is 0 Å². The molecule has 0 aromatic heterocycles. The zero-order valence-corrected chi connectivity index (χ0v) is 10.9. The molecule has 0 rings (SSSR count). The lowest BCUT2D eigenvalue weighted by molar-refractivity contribution is -0.143. The Hall–Kier alpha value is -0.650. The summed E-state index contributed by atoms with van der Waals surface area (Å²) in [5.41, 5.74) is 4.58. The molecule has 0 amide bonds. The lowest BCUT2D eigenvalue weighted by atomic mass is 10.0. The van der Waals surface area contributed by atoms with Crippen molar-refractivity contribution in [3.05, 3.63) is 0 Å². The second-order valence-electron chi connectivity index (χ2n) is 4.80. The zero-order chi connectivity index (χ0) is 12.8. The summed E-state index contributed by atoms with van der Waals surface area (Å²) in [5, 5.41) is 8.97. The van der Waals surface area contributed by atoms with Gasteiger partial charge < -0.3 is 15.7 Å². The number of carboxylic acid groups (broad SMARTS) is 1. The van der Waals surface area contributed by atoms with E-state index in [1.54, 1.807) is 6.92 Å². The maximum absolute atomic E-state index is 10.9. The van der Waals surface area contributed by atoms with Crippen molar-refractivity contribution in [2.24, 2.45) is 5.73 Å². The molecule has 16 heavy (non-hydrogen) atoms. The van der Waals surface area contributed by atoms with E-state index in [1.165, 1.54) is 0 Å². The van der Waals surface area contributed by atoms with E-state index in [9.17, 15) is 4.79 Å². The van der Waals surface area contributed by atoms with E-state index in [0.717, 1.165) is 26.1 Å². The third-order valence-corrected chi connectivity index (χ3v) is 2.44. The highest BCUT2D eigenvalue weighted by Gasteiger charge is 2.30. The first-order chi connectivity index (χ1) is 7.29. The number of rotatable bonds is 8. The van der Waals surface area contributed by atoms with Gasteiger partial charge in [-0.25, -0.2) is 0 Å². The predicted octanol–water partition coefficient (Wildman–Crippen LogP) is 0.0620. The number of carboxylic acids is 1. The van der Waals surface area contributed by atoms with Gasteiger partial charge in [0.1, 0.15) is 5.54 Å². The molecule has 0 saturated heterocycles. The molecule has 0 radical (unpaired) electrons. The van der Waals surface area contributed by atoms with E-state index in [-0.39, 0.29) is 0 Å². The normalized spacial score (nSPS) is 15.4. The Kier molecular flexibility index (Phi) is 6.55. The molecule has 3 N–H and O–H groups in total. The third kappa shape index (κ3) is 6.05. The van der Waals surface area contributed by atoms with Gasteiger partial charge in [-0.05, 0) is 34.0 Å². The van der Waals surface area contributed by atoms with Crippen LogP contribution in [0.3, 0.4) is 0 Å². The van der Waals surface area contributed by atoms with Gasteiger partial charge in [0.2, 0.25) is 0 Å². The number of carbonyl (C=O) groups is 1. The van der Waals surface area contributed by atoms with Crippen LogP contribution in [0.5, 0.6) is 0 Å². The summed E-state index contributed by atoms with van der Waals surface area (Å²) in [6, 6.07) is 0. The minimum atomic E-state index is -1.17. The van der Waals surface area contributed by atoms with Crippen LogP contribution in [0.4, 0.5) is 0 Å². The molecule has 1 unspecified atom stereocenters. The van der Waals surface area contributed by atoms with Gasteiger partial charge in [-0.15, -0.1) is 0 Å². The summed E-state index contributed by atoms with van der Waals surface area (Å²) in [7, 11) is 4.01. The average Bonchev–Trinajstić information content (AvgIpc) is 2.13. The minimum Gasteiger partial charge on any atom is -0.480 e. The van der Waals surface area contributed by atoms with E-state index in [1.807, 2.05) is 14.1 Å². The third-order valence-electron chi connectivity index (χ3n) is 2.44. The molecule has 5 nitrogen and oxygen atoms in total. The van der Waals surface area contributed by atoms with Crippen LogP contribution in [0, 0.1) is 0 Å². The first-order valence-electron chi connectivity index (χ1n) is 5.69. The number of hydrogen-bond donors (Lipinski definition) is 2. The van der Waals surface area contributed by atoms with Crippen molar-refractivity contribution in [1.29, 1.82) is 0 Å². The highest BCUT2D eigenvalue weighted by molar-refractivity contribution is 5.78. The van der Waals surface area contributed by atoms with Gasteiger partial charge in [0.25, 0.3) is 0 Å². The summed E-state index contributed by atoms with van der Waals surface area (Å²) in [5.74, 6) is -0.946. The van der Waals surface area contributed by atoms with Crippen LogP contribution in [0.2, 0.25) is 0 Å². The molecule has 0 aliphatic heterocycles. The Balaban J connectivity index is 4.26. The molecule has 0 aromatic carbocycles. The molecular formula is C11H25N3O2. The molecule has 0 aromatic rings. The molecule has 0 aliphatic rings. The smallest absolute Gasteiger partial charge is 0.324 e. The monoisotopic (exact) mass is 231 g/mol. The molecule has 0 bridgehead atoms. The second-order valence-corrected chi connectivity index (χ2v) is 4.80. The van der Waals surface area contributed by atoms with Crippen LogP contribution in [0.1, 0.15) is 20.3 Å². The van der Waals surface area contributed by atoms with E-state index in [0.29, 0.717) is 6.54 Å². The predicted molar refractivity (Wildman–Crippen MR) is 65.5 cm³/mol. The summed E-state index contributed by atoms with van der Waals surface area (Å²) < 4.78 is 0. The first kappa shape index (κ1) is 15.3. The number of nitrogens with two attached hydrogens (primary N) is 1. The number of likely N-dealkylation sites (N-methyl/N-ethyl adjacent to an activating group) is 1. The maximum atomic E-state index is 10.9. The van der Waals surface area contributed by atoms with Crippen LogP contribution < -0.4 is 5.73 Å². The Morgan fingerprint density at radius 2 is 1.88 bits per heavy atom. The van der Waals surface area contributed by atoms with Crippen LogP contribution in [-0.2, 0) is 4.79 Å². The van der Waals surface area contributed by atoms with Gasteiger partial charge in [-0.2, -0.15) is 0 Å². The van der Waals surface area contributed by atoms with Crippen LogP contribution >= 0.6 is 0 Å². The lowest BCUT2D eigenvalue weighted by Gasteiger charge is -2.30. The standard InChI is InChI=1S/C11H25N3O2/c1-5-6-14(8-7-13(3)4)9-11(2,12)10(15)16/h5-9,12H2,1-4H3,(H,15,16). The highest BCUT2D eigenvalue weighted by Crippen LogP contribution is 2.04. The Morgan fingerprint density at radius 1 is 1.31 bits per heavy atom. The fourth-order valence-corrected chi connectivity index (χ4v) is 1.46. The van der Waals surface area contributed by atoms with Crippen molar-refractivity contribution in [3.63, 3.8) is 0 Å². The number of hydrogen-bond acceptors (Lipinski definition) is 4. The molecule has 0 aliphatic carbocycles. The van der Waals surface area contributed by atoms with Crippen molar-refractivity contribution < 1.29 is 9.90 Å². The quantitative estimate of drug-likeness (QED) is 0.618. The minimum absolute atomic E-state index is 0.393. The van der Waals surface area contributed by atoms with Gasteiger partial charge in [0, 0.05) is 19.6 Å². The topological polar surface area (TPSA) is 69.8 Å². The number of aliphatic carboxylic acids is 1. The SMILES string of the molecule is CCCN(CCN(C)C)CC(C)(N)C(=O)O. The zero-order valence-electron chi connectivity index (χ0n) is 10.9. The van der Waals surface area contributed by atoms with Crippen molar-refractivity contribution in [2.45, 2.75) is 25.8 Å². The second kappa shape index (κ2) is 6.83. The van der Waals surface area contributed by atoms with Gasteiger partial charge >= 0.3 is 5.97 Å². The lowest BCUT2D eigenvalue weighted by Crippen LogP contribution is -2.54. The van der Waals surface area contributed by atoms with Gasteiger partial charge in [-0.1, -0.05) is 6.92 Å². The summed E-state index contributed by atoms with van der Waals surface area (Å²) in [6.45, 7) is 6.68. The summed E-state index contributed by atoms with van der Waals surface area (Å²) in [6.07, 6.45) is 1.00. The van der Waals surface area contributed by atoms with Crippen molar-refractivity contribution in [2.75, 3.05) is 40.3 Å². The van der Waals surface area contributed by atoms with E-state index in [2.05, 4.69) is 16.7 Å². The van der Waals surface area contributed by atoms with Crippen LogP contribution in [0.25, 0.3) is 0 Å². The van der Waals surface area contributed by atoms with Crippen LogP contribution in [-0.4, -0.2) is 66.7 Å². The number of nitrogens with zero attached hydrogens (tertiary/aromatic N) is 2. The summed E-state index contributed by atoms with van der Waals surface area (Å²) >= 11 is 0. The van der Waals surface area contributed by atoms with E-state index in [4.69, 9.17) is 10.8 Å². The molecule has 0 spiro atoms. The van der Waals surface area contributed by atoms with Crippen molar-refractivity contribution in [3.8, 4) is 0 Å². The molecule has 0 saturated carbocycles. The van der Waals surface area contributed by atoms with Crippen molar-refractivity contribution in [1.82, 2.24) is 9.80 Å². The fraction of sp³-hybridized carbons (Fsp3) is 0.909. The van der Waals surface area contributed by atoms with Gasteiger partial charge in [-0.3, -0.25) is 9.69 Å². The highest BCUT2D eigenvalue weighted by atomic mass is 16.4. The molecule has 5 heteroatoms.